The van der Waals surface area contributed by atoms with Crippen LogP contribution < -0.4 is 25.6 Å². The number of urea groups is 1. The van der Waals surface area contributed by atoms with Crippen LogP contribution in [0.1, 0.15) is 49.9 Å². The first-order valence-electron chi connectivity index (χ1n) is 15.9. The highest BCUT2D eigenvalue weighted by atomic mass is 19.3. The molecule has 0 bridgehead atoms. The fourth-order valence-corrected chi connectivity index (χ4v) is 6.13. The molecule has 2 aromatic carbocycles. The van der Waals surface area contributed by atoms with Crippen molar-refractivity contribution in [2.45, 2.75) is 51.1 Å². The van der Waals surface area contributed by atoms with Crippen LogP contribution in [0.3, 0.4) is 0 Å². The maximum Gasteiger partial charge on any atom is 0.315 e. The molecule has 0 spiro atoms. The molecule has 2 aromatic heterocycles. The molecule has 2 aliphatic rings. The van der Waals surface area contributed by atoms with Gasteiger partial charge in [0.25, 0.3) is 6.43 Å². The Labute approximate surface area is 266 Å². The van der Waals surface area contributed by atoms with Crippen LogP contribution >= 0.6 is 0 Å². The number of alkyl halides is 2. The second-order valence-electron chi connectivity index (χ2n) is 11.7. The number of fused-ring (bicyclic) bond motifs is 1. The predicted molar refractivity (Wildman–Crippen MR) is 172 cm³/mol. The average molecular weight is 635 g/mol. The minimum absolute atomic E-state index is 0.0932. The maximum atomic E-state index is 14.2. The van der Waals surface area contributed by atoms with Crippen molar-refractivity contribution in [3.8, 4) is 11.6 Å². The van der Waals surface area contributed by atoms with Crippen molar-refractivity contribution in [1.82, 2.24) is 30.2 Å². The molecule has 1 saturated carbocycles. The first-order valence-corrected chi connectivity index (χ1v) is 15.9. The van der Waals surface area contributed by atoms with E-state index in [1.807, 2.05) is 24.3 Å². The fourth-order valence-electron chi connectivity index (χ4n) is 6.13. The number of hydrogen-bond donors (Lipinski definition) is 3. The van der Waals surface area contributed by atoms with E-state index in [0.717, 1.165) is 43.4 Å². The number of morpholine rings is 1. The molecule has 3 N–H and O–H groups in total. The summed E-state index contributed by atoms with van der Waals surface area (Å²) >= 11 is 0. The first-order chi connectivity index (χ1) is 22.5. The Bertz CT molecular complexity index is 1610. The topological polar surface area (TPSA) is 118 Å². The predicted octanol–water partition coefficient (Wildman–Crippen LogP) is 5.46. The normalized spacial score (nSPS) is 18.7. The van der Waals surface area contributed by atoms with Crippen molar-refractivity contribution in [1.29, 1.82) is 0 Å². The molecule has 13 heteroatoms. The number of nitrogens with one attached hydrogen (secondary N) is 3. The summed E-state index contributed by atoms with van der Waals surface area (Å²) in [5.74, 6) is 2.15. The lowest BCUT2D eigenvalue weighted by Gasteiger charge is -2.28. The number of ether oxygens (including phenoxy) is 2. The molecule has 0 radical (unpaired) electrons. The second-order valence-corrected chi connectivity index (χ2v) is 11.7. The second kappa shape index (κ2) is 14.7. The number of para-hydroxylation sites is 2. The van der Waals surface area contributed by atoms with Crippen LogP contribution in [0.25, 0.3) is 16.9 Å². The van der Waals surface area contributed by atoms with Gasteiger partial charge in [0.05, 0.1) is 31.4 Å². The van der Waals surface area contributed by atoms with Crippen molar-refractivity contribution in [3.63, 3.8) is 0 Å². The number of halogens is 2. The van der Waals surface area contributed by atoms with Crippen molar-refractivity contribution in [2.75, 3.05) is 50.2 Å². The summed E-state index contributed by atoms with van der Waals surface area (Å²) in [5.41, 5.74) is 2.04. The molecule has 2 fully saturated rings. The molecule has 46 heavy (non-hydrogen) atoms. The lowest BCUT2D eigenvalue weighted by Crippen LogP contribution is -2.41. The van der Waals surface area contributed by atoms with Crippen molar-refractivity contribution < 1.29 is 23.0 Å². The van der Waals surface area contributed by atoms with Gasteiger partial charge in [0.2, 0.25) is 5.95 Å². The third-order valence-corrected chi connectivity index (χ3v) is 8.63. The number of nitrogens with zero attached hydrogens (tertiary/aromatic N) is 5. The minimum Gasteiger partial charge on any atom is -0.497 e. The highest BCUT2D eigenvalue weighted by Gasteiger charge is 2.24. The molecule has 2 amide bonds. The number of benzene rings is 2. The summed E-state index contributed by atoms with van der Waals surface area (Å²) in [6.07, 6.45) is 1.90. The van der Waals surface area contributed by atoms with E-state index in [-0.39, 0.29) is 17.9 Å². The first kappa shape index (κ1) is 31.5. The van der Waals surface area contributed by atoms with Gasteiger partial charge in [-0.05, 0) is 61.4 Å². The summed E-state index contributed by atoms with van der Waals surface area (Å²) < 4.78 is 40.5. The molecule has 2 atom stereocenters. The van der Waals surface area contributed by atoms with E-state index in [1.165, 1.54) is 4.57 Å². The number of carbonyl (C=O) groups is 1. The molecule has 1 unspecified atom stereocenters. The Morgan fingerprint density at radius 3 is 2.57 bits per heavy atom. The zero-order chi connectivity index (χ0) is 31.9. The quantitative estimate of drug-likeness (QED) is 0.197. The SMILES string of the molecule is COc1ccc(CNC(=O)N[C@@H]2CCCC(CNc3nc(N4CCOCC4)cc(-n4c(C(F)F)nc5ccccc54)n3)CC2)cc1. The van der Waals surface area contributed by atoms with Gasteiger partial charge in [-0.25, -0.2) is 18.6 Å². The summed E-state index contributed by atoms with van der Waals surface area (Å²) in [6.45, 7) is 3.49. The lowest BCUT2D eigenvalue weighted by molar-refractivity contribution is 0.122. The number of amides is 2. The maximum absolute atomic E-state index is 14.2. The molecular formula is C33H40F2N8O3. The van der Waals surface area contributed by atoms with E-state index in [0.29, 0.717) is 73.9 Å². The number of methoxy groups -OCH3 is 1. The van der Waals surface area contributed by atoms with E-state index >= 15 is 0 Å². The van der Waals surface area contributed by atoms with Gasteiger partial charge >= 0.3 is 6.03 Å². The largest absolute Gasteiger partial charge is 0.497 e. The lowest BCUT2D eigenvalue weighted by atomic mass is 10.0. The Morgan fingerprint density at radius 1 is 1.00 bits per heavy atom. The third-order valence-electron chi connectivity index (χ3n) is 8.63. The third kappa shape index (κ3) is 7.64. The molecule has 1 aliphatic carbocycles. The summed E-state index contributed by atoms with van der Waals surface area (Å²) in [7, 11) is 1.62. The van der Waals surface area contributed by atoms with Crippen molar-refractivity contribution in [2.24, 2.45) is 5.92 Å². The van der Waals surface area contributed by atoms with E-state index < -0.39 is 6.43 Å². The number of rotatable bonds is 10. The van der Waals surface area contributed by atoms with E-state index in [9.17, 15) is 13.6 Å². The van der Waals surface area contributed by atoms with Crippen molar-refractivity contribution >= 4 is 28.8 Å². The highest BCUT2D eigenvalue weighted by molar-refractivity contribution is 5.78. The zero-order valence-electron chi connectivity index (χ0n) is 25.9. The molecule has 6 rings (SSSR count). The van der Waals surface area contributed by atoms with Gasteiger partial charge in [-0.2, -0.15) is 9.97 Å². The molecular weight excluding hydrogens is 594 g/mol. The summed E-state index contributed by atoms with van der Waals surface area (Å²) in [6, 6.07) is 16.4. The van der Waals surface area contributed by atoms with Gasteiger partial charge in [-0.1, -0.05) is 30.7 Å². The van der Waals surface area contributed by atoms with Crippen LogP contribution in [-0.4, -0.2) is 71.5 Å². The number of carbonyl (C=O) groups excluding carboxylic acids is 1. The van der Waals surface area contributed by atoms with Gasteiger partial charge in [0, 0.05) is 38.3 Å². The monoisotopic (exact) mass is 634 g/mol. The van der Waals surface area contributed by atoms with Gasteiger partial charge < -0.3 is 30.3 Å². The number of imidazole rings is 1. The molecule has 244 valence electrons. The van der Waals surface area contributed by atoms with Crippen molar-refractivity contribution in [3.05, 3.63) is 66.0 Å². The molecule has 1 aliphatic heterocycles. The van der Waals surface area contributed by atoms with E-state index in [2.05, 4.69) is 25.8 Å². The van der Waals surface area contributed by atoms with Crippen LogP contribution in [0.4, 0.5) is 25.3 Å². The Balaban J connectivity index is 1.11. The van der Waals surface area contributed by atoms with Crippen LogP contribution in [0.2, 0.25) is 0 Å². The molecule has 4 aromatic rings. The highest BCUT2D eigenvalue weighted by Crippen LogP contribution is 2.30. The number of aromatic nitrogens is 4. The standard InChI is InChI=1S/C33H40F2N8O3/c1-45-25-13-10-23(11-14-25)21-37-33(44)38-24-6-4-5-22(9-12-24)20-36-32-40-28(42-15-17-46-18-16-42)19-29(41-32)43-27-8-3-2-7-26(27)39-31(43)30(34)35/h2-3,7-8,10-11,13-14,19,22,24,30H,4-6,9,12,15-18,20-21H2,1H3,(H,36,40,41)(H2,37,38,44)/t22?,24-/m1/s1. The van der Waals surface area contributed by atoms with Crippen LogP contribution in [0.5, 0.6) is 5.75 Å². The number of anilines is 2. The van der Waals surface area contributed by atoms with Crippen LogP contribution in [-0.2, 0) is 11.3 Å². The summed E-state index contributed by atoms with van der Waals surface area (Å²) in [4.78, 5) is 28.4. The Morgan fingerprint density at radius 2 is 1.78 bits per heavy atom. The molecule has 1 saturated heterocycles. The summed E-state index contributed by atoms with van der Waals surface area (Å²) in [5, 5.41) is 9.50. The van der Waals surface area contributed by atoms with E-state index in [4.69, 9.17) is 19.4 Å². The smallest absolute Gasteiger partial charge is 0.315 e. The van der Waals surface area contributed by atoms with Crippen LogP contribution in [0, 0.1) is 5.92 Å². The van der Waals surface area contributed by atoms with Gasteiger partial charge in [-0.3, -0.25) is 4.57 Å². The van der Waals surface area contributed by atoms with Gasteiger partial charge in [0.1, 0.15) is 17.4 Å². The average Bonchev–Trinajstić information content (AvgIpc) is 3.35. The van der Waals surface area contributed by atoms with E-state index in [1.54, 1.807) is 37.4 Å². The zero-order valence-corrected chi connectivity index (χ0v) is 25.9. The van der Waals surface area contributed by atoms with Gasteiger partial charge in [-0.15, -0.1) is 0 Å². The Kier molecular flexibility index (Phi) is 10.1. The molecule has 11 nitrogen and oxygen atoms in total. The number of hydrogen-bond acceptors (Lipinski definition) is 8. The fraction of sp³-hybridized carbons (Fsp3) is 0.455. The molecule has 3 heterocycles. The minimum atomic E-state index is -2.78. The van der Waals surface area contributed by atoms with Gasteiger partial charge in [0.15, 0.2) is 5.82 Å². The Hall–Kier alpha value is -4.52. The van der Waals surface area contributed by atoms with Crippen LogP contribution in [0.15, 0.2) is 54.6 Å².